The predicted molar refractivity (Wildman–Crippen MR) is 67.3 cm³/mol. The summed E-state index contributed by atoms with van der Waals surface area (Å²) in [7, 11) is 0. The Balaban J connectivity index is 2.84. The third-order valence-corrected chi connectivity index (χ3v) is 1.99. The molecule has 0 radical (unpaired) electrons. The zero-order chi connectivity index (χ0) is 13.8. The second kappa shape index (κ2) is 5.41. The minimum Gasteiger partial charge on any atom is -0.508 e. The van der Waals surface area contributed by atoms with E-state index in [1.54, 1.807) is 20.8 Å². The summed E-state index contributed by atoms with van der Waals surface area (Å²) in [6.07, 6.45) is -0.494. The summed E-state index contributed by atoms with van der Waals surface area (Å²) < 4.78 is 5.11. The number of carbonyl (C=O) groups is 1. The van der Waals surface area contributed by atoms with Crippen molar-refractivity contribution in [2.75, 3.05) is 5.32 Å². The molecule has 5 heteroatoms. The van der Waals surface area contributed by atoms with Crippen LogP contribution in [0, 0.1) is 11.3 Å². The van der Waals surface area contributed by atoms with Crippen molar-refractivity contribution in [1.29, 1.82) is 5.26 Å². The van der Waals surface area contributed by atoms with Crippen molar-refractivity contribution in [3.05, 3.63) is 23.8 Å². The molecule has 0 spiro atoms. The first-order chi connectivity index (χ1) is 8.31. The summed E-state index contributed by atoms with van der Waals surface area (Å²) in [6.45, 7) is 5.29. The predicted octanol–water partition coefficient (Wildman–Crippen LogP) is 2.81. The number of hydrogen-bond acceptors (Lipinski definition) is 4. The fourth-order valence-electron chi connectivity index (χ4n) is 1.35. The molecule has 1 amide bonds. The zero-order valence-electron chi connectivity index (χ0n) is 10.7. The van der Waals surface area contributed by atoms with Crippen LogP contribution < -0.4 is 5.32 Å². The number of nitrogens with zero attached hydrogens (tertiary/aromatic N) is 1. The maximum atomic E-state index is 11.6. The normalized spacial score (nSPS) is 10.6. The molecule has 0 saturated carbocycles. The van der Waals surface area contributed by atoms with Gasteiger partial charge in [0.15, 0.2) is 0 Å². The van der Waals surface area contributed by atoms with E-state index in [1.165, 1.54) is 18.2 Å². The number of hydrogen-bond donors (Lipinski definition) is 2. The first-order valence-electron chi connectivity index (χ1n) is 5.50. The van der Waals surface area contributed by atoms with E-state index in [2.05, 4.69) is 5.32 Å². The Kier molecular flexibility index (Phi) is 4.16. The van der Waals surface area contributed by atoms with Crippen LogP contribution in [0.15, 0.2) is 18.2 Å². The van der Waals surface area contributed by atoms with Crippen LogP contribution in [0.1, 0.15) is 26.3 Å². The first kappa shape index (κ1) is 13.8. The molecule has 0 unspecified atom stereocenters. The number of anilines is 1. The molecule has 1 aromatic carbocycles. The lowest BCUT2D eigenvalue weighted by molar-refractivity contribution is 0.0636. The van der Waals surface area contributed by atoms with Gasteiger partial charge in [-0.25, -0.2) is 4.79 Å². The maximum absolute atomic E-state index is 11.6. The minimum absolute atomic E-state index is 0.0509. The van der Waals surface area contributed by atoms with E-state index in [9.17, 15) is 9.90 Å². The van der Waals surface area contributed by atoms with Gasteiger partial charge in [0.2, 0.25) is 0 Å². The van der Waals surface area contributed by atoms with Crippen LogP contribution in [0.4, 0.5) is 10.5 Å². The standard InChI is InChI=1S/C13H16N2O3/c1-13(2,3)18-12(17)15-11-5-4-10(16)8-9(11)6-7-14/h4-5,8,16H,6H2,1-3H3,(H,15,17). The molecular weight excluding hydrogens is 232 g/mol. The molecule has 0 fully saturated rings. The van der Waals surface area contributed by atoms with Crippen molar-refractivity contribution < 1.29 is 14.6 Å². The molecule has 0 atom stereocenters. The van der Waals surface area contributed by atoms with Gasteiger partial charge in [-0.2, -0.15) is 5.26 Å². The number of phenolic OH excluding ortho intramolecular Hbond substituents is 1. The van der Waals surface area contributed by atoms with Crippen molar-refractivity contribution in [3.63, 3.8) is 0 Å². The fourth-order valence-corrected chi connectivity index (χ4v) is 1.35. The van der Waals surface area contributed by atoms with Gasteiger partial charge in [-0.3, -0.25) is 5.32 Å². The van der Waals surface area contributed by atoms with Crippen LogP contribution >= 0.6 is 0 Å². The number of nitrogens with one attached hydrogen (secondary N) is 1. The molecule has 0 aliphatic heterocycles. The summed E-state index contributed by atoms with van der Waals surface area (Å²) >= 11 is 0. The molecule has 0 saturated heterocycles. The van der Waals surface area contributed by atoms with Gasteiger partial charge >= 0.3 is 6.09 Å². The van der Waals surface area contributed by atoms with Crippen molar-refractivity contribution in [2.24, 2.45) is 0 Å². The molecule has 0 aliphatic carbocycles. The van der Waals surface area contributed by atoms with Gasteiger partial charge in [0.25, 0.3) is 0 Å². The number of nitriles is 1. The summed E-state index contributed by atoms with van der Waals surface area (Å²) in [6, 6.07) is 6.38. The summed E-state index contributed by atoms with van der Waals surface area (Å²) in [5, 5.41) is 20.6. The number of amides is 1. The zero-order valence-corrected chi connectivity index (χ0v) is 10.7. The highest BCUT2D eigenvalue weighted by Crippen LogP contribution is 2.22. The lowest BCUT2D eigenvalue weighted by atomic mass is 10.1. The van der Waals surface area contributed by atoms with E-state index in [1.807, 2.05) is 6.07 Å². The molecule has 18 heavy (non-hydrogen) atoms. The Labute approximate surface area is 106 Å². The van der Waals surface area contributed by atoms with Crippen molar-refractivity contribution in [2.45, 2.75) is 32.8 Å². The minimum atomic E-state index is -0.590. The highest BCUT2D eigenvalue weighted by Gasteiger charge is 2.17. The molecular formula is C13H16N2O3. The lowest BCUT2D eigenvalue weighted by Gasteiger charge is -2.20. The molecule has 5 nitrogen and oxygen atoms in total. The van der Waals surface area contributed by atoms with E-state index in [0.29, 0.717) is 11.3 Å². The smallest absolute Gasteiger partial charge is 0.412 e. The molecule has 96 valence electrons. The molecule has 1 rings (SSSR count). The largest absolute Gasteiger partial charge is 0.508 e. The van der Waals surface area contributed by atoms with E-state index < -0.39 is 11.7 Å². The van der Waals surface area contributed by atoms with Gasteiger partial charge in [0, 0.05) is 5.69 Å². The van der Waals surface area contributed by atoms with E-state index in [4.69, 9.17) is 10.00 Å². The summed E-state index contributed by atoms with van der Waals surface area (Å²) in [5.41, 5.74) is 0.420. The number of carbonyl (C=O) groups excluding carboxylic acids is 1. The number of rotatable bonds is 2. The molecule has 0 heterocycles. The van der Waals surface area contributed by atoms with Gasteiger partial charge in [0.1, 0.15) is 11.4 Å². The van der Waals surface area contributed by atoms with Crippen LogP contribution in [0.5, 0.6) is 5.75 Å². The highest BCUT2D eigenvalue weighted by molar-refractivity contribution is 5.86. The first-order valence-corrected chi connectivity index (χ1v) is 5.50. The SMILES string of the molecule is CC(C)(C)OC(=O)Nc1ccc(O)cc1CC#N. The summed E-state index contributed by atoms with van der Waals surface area (Å²) in [5.74, 6) is 0.0509. The van der Waals surface area contributed by atoms with Crippen LogP contribution in [-0.2, 0) is 11.2 Å². The van der Waals surface area contributed by atoms with Gasteiger partial charge in [-0.15, -0.1) is 0 Å². The number of aromatic hydroxyl groups is 1. The van der Waals surface area contributed by atoms with Crippen LogP contribution in [-0.4, -0.2) is 16.8 Å². The second-order valence-corrected chi connectivity index (χ2v) is 4.80. The topological polar surface area (TPSA) is 82.3 Å². The average Bonchev–Trinajstić information content (AvgIpc) is 2.20. The Bertz CT molecular complexity index is 484. The Morgan fingerprint density at radius 3 is 2.72 bits per heavy atom. The van der Waals surface area contributed by atoms with Gasteiger partial charge < -0.3 is 9.84 Å². The third kappa shape index (κ3) is 4.34. The Hall–Kier alpha value is -2.22. The van der Waals surface area contributed by atoms with Gasteiger partial charge in [-0.05, 0) is 44.5 Å². The Morgan fingerprint density at radius 1 is 1.50 bits per heavy atom. The lowest BCUT2D eigenvalue weighted by Crippen LogP contribution is -2.27. The maximum Gasteiger partial charge on any atom is 0.412 e. The van der Waals surface area contributed by atoms with Crippen molar-refractivity contribution >= 4 is 11.8 Å². The molecule has 2 N–H and O–H groups in total. The fraction of sp³-hybridized carbons (Fsp3) is 0.385. The monoisotopic (exact) mass is 248 g/mol. The van der Waals surface area contributed by atoms with Crippen LogP contribution in [0.25, 0.3) is 0 Å². The second-order valence-electron chi connectivity index (χ2n) is 4.80. The molecule has 1 aromatic rings. The number of phenols is 1. The molecule has 0 aliphatic rings. The highest BCUT2D eigenvalue weighted by atomic mass is 16.6. The molecule has 0 aromatic heterocycles. The van der Waals surface area contributed by atoms with Gasteiger partial charge in [-0.1, -0.05) is 0 Å². The van der Waals surface area contributed by atoms with Gasteiger partial charge in [0.05, 0.1) is 12.5 Å². The molecule has 0 bridgehead atoms. The van der Waals surface area contributed by atoms with Crippen LogP contribution in [0.2, 0.25) is 0 Å². The quantitative estimate of drug-likeness (QED) is 0.788. The third-order valence-electron chi connectivity index (χ3n) is 1.99. The Morgan fingerprint density at radius 2 is 2.17 bits per heavy atom. The van der Waals surface area contributed by atoms with Crippen molar-refractivity contribution in [1.82, 2.24) is 0 Å². The number of ether oxygens (including phenoxy) is 1. The van der Waals surface area contributed by atoms with E-state index >= 15 is 0 Å². The van der Waals surface area contributed by atoms with Crippen LogP contribution in [0.3, 0.4) is 0 Å². The van der Waals surface area contributed by atoms with E-state index in [-0.39, 0.29) is 12.2 Å². The number of benzene rings is 1. The average molecular weight is 248 g/mol. The van der Waals surface area contributed by atoms with E-state index in [0.717, 1.165) is 0 Å². The van der Waals surface area contributed by atoms with Crippen molar-refractivity contribution in [3.8, 4) is 11.8 Å². The summed E-state index contributed by atoms with van der Waals surface area (Å²) in [4.78, 5) is 11.6.